The number of amides is 2. The zero-order valence-electron chi connectivity index (χ0n) is 16.9. The predicted octanol–water partition coefficient (Wildman–Crippen LogP) is 4.12. The molecule has 0 fully saturated rings. The molecule has 2 aliphatic rings. The zero-order chi connectivity index (χ0) is 21.4. The molecule has 2 aliphatic heterocycles. The monoisotopic (exact) mass is 416 g/mol. The number of ether oxygens (including phenoxy) is 3. The SMILES string of the molecule is CCN1C(=O)c2ccccc2Oc2ccc(C(=O)NCc3ccc4c(c3)OCO4)cc21. The van der Waals surface area contributed by atoms with Gasteiger partial charge in [0.25, 0.3) is 11.8 Å². The second kappa shape index (κ2) is 7.68. The van der Waals surface area contributed by atoms with Crippen LogP contribution in [0, 0.1) is 0 Å². The van der Waals surface area contributed by atoms with E-state index < -0.39 is 0 Å². The summed E-state index contributed by atoms with van der Waals surface area (Å²) in [6, 6.07) is 17.8. The Morgan fingerprint density at radius 1 is 0.968 bits per heavy atom. The Labute approximate surface area is 179 Å². The van der Waals surface area contributed by atoms with Gasteiger partial charge >= 0.3 is 0 Å². The summed E-state index contributed by atoms with van der Waals surface area (Å²) in [4.78, 5) is 27.5. The maximum absolute atomic E-state index is 13.0. The molecule has 2 heterocycles. The number of para-hydroxylation sites is 1. The Morgan fingerprint density at radius 3 is 2.65 bits per heavy atom. The molecule has 0 saturated carbocycles. The average molecular weight is 416 g/mol. The van der Waals surface area contributed by atoms with Crippen LogP contribution < -0.4 is 24.4 Å². The van der Waals surface area contributed by atoms with Crippen LogP contribution in [0.5, 0.6) is 23.0 Å². The molecule has 7 heteroatoms. The first-order valence-electron chi connectivity index (χ1n) is 10.0. The van der Waals surface area contributed by atoms with E-state index in [0.717, 1.165) is 5.56 Å². The lowest BCUT2D eigenvalue weighted by atomic mass is 10.1. The van der Waals surface area contributed by atoms with E-state index in [1.165, 1.54) is 0 Å². The molecule has 3 aromatic carbocycles. The molecule has 0 saturated heterocycles. The molecule has 5 rings (SSSR count). The third kappa shape index (κ3) is 3.44. The van der Waals surface area contributed by atoms with Gasteiger partial charge < -0.3 is 24.4 Å². The zero-order valence-corrected chi connectivity index (χ0v) is 16.9. The van der Waals surface area contributed by atoms with Crippen LogP contribution in [0.15, 0.2) is 60.7 Å². The van der Waals surface area contributed by atoms with Crippen LogP contribution in [0.2, 0.25) is 0 Å². The van der Waals surface area contributed by atoms with Gasteiger partial charge in [0, 0.05) is 18.7 Å². The third-order valence-electron chi connectivity index (χ3n) is 5.30. The van der Waals surface area contributed by atoms with Crippen molar-refractivity contribution in [3.8, 4) is 23.0 Å². The molecule has 0 aromatic heterocycles. The summed E-state index contributed by atoms with van der Waals surface area (Å²) in [6.07, 6.45) is 0. The second-order valence-corrected chi connectivity index (χ2v) is 7.20. The van der Waals surface area contributed by atoms with Gasteiger partial charge in [-0.15, -0.1) is 0 Å². The Kier molecular flexibility index (Phi) is 4.71. The van der Waals surface area contributed by atoms with E-state index in [1.54, 1.807) is 41.3 Å². The summed E-state index contributed by atoms with van der Waals surface area (Å²) in [5.41, 5.74) is 2.41. The number of hydrogen-bond donors (Lipinski definition) is 1. The van der Waals surface area contributed by atoms with Gasteiger partial charge in [0.2, 0.25) is 6.79 Å². The van der Waals surface area contributed by atoms with Crippen LogP contribution in [-0.4, -0.2) is 25.2 Å². The molecule has 0 spiro atoms. The standard InChI is InChI=1S/C24H20N2O5/c1-2-26-18-12-16(8-10-20(18)31-19-6-4-3-5-17(19)24(26)28)23(27)25-13-15-7-9-21-22(11-15)30-14-29-21/h3-12H,2,13-14H2,1H3,(H,25,27). The molecule has 3 aromatic rings. The quantitative estimate of drug-likeness (QED) is 0.692. The minimum atomic E-state index is -0.245. The van der Waals surface area contributed by atoms with E-state index in [9.17, 15) is 9.59 Å². The van der Waals surface area contributed by atoms with E-state index in [-0.39, 0.29) is 18.6 Å². The fourth-order valence-electron chi connectivity index (χ4n) is 3.71. The molecular weight excluding hydrogens is 396 g/mol. The lowest BCUT2D eigenvalue weighted by Crippen LogP contribution is -2.30. The van der Waals surface area contributed by atoms with Crippen molar-refractivity contribution in [3.05, 3.63) is 77.4 Å². The molecule has 156 valence electrons. The van der Waals surface area contributed by atoms with Gasteiger partial charge in [0.05, 0.1) is 11.3 Å². The Bertz CT molecular complexity index is 1190. The molecule has 0 atom stereocenters. The second-order valence-electron chi connectivity index (χ2n) is 7.20. The van der Waals surface area contributed by atoms with E-state index >= 15 is 0 Å². The van der Waals surface area contributed by atoms with Crippen LogP contribution in [0.4, 0.5) is 5.69 Å². The molecule has 0 bridgehead atoms. The molecular formula is C24H20N2O5. The molecule has 2 amide bonds. The number of anilines is 1. The normalized spacial score (nSPS) is 13.7. The smallest absolute Gasteiger partial charge is 0.262 e. The van der Waals surface area contributed by atoms with Gasteiger partial charge in [0.1, 0.15) is 5.75 Å². The number of nitrogens with one attached hydrogen (secondary N) is 1. The molecule has 31 heavy (non-hydrogen) atoms. The fourth-order valence-corrected chi connectivity index (χ4v) is 3.71. The minimum Gasteiger partial charge on any atom is -0.454 e. The number of benzene rings is 3. The minimum absolute atomic E-state index is 0.158. The van der Waals surface area contributed by atoms with Crippen LogP contribution in [0.1, 0.15) is 33.2 Å². The Morgan fingerprint density at radius 2 is 1.77 bits per heavy atom. The molecule has 0 aliphatic carbocycles. The first-order valence-corrected chi connectivity index (χ1v) is 10.0. The van der Waals surface area contributed by atoms with Crippen molar-refractivity contribution in [2.45, 2.75) is 13.5 Å². The summed E-state index contributed by atoms with van der Waals surface area (Å²) in [6.45, 7) is 2.89. The van der Waals surface area contributed by atoms with E-state index in [1.807, 2.05) is 31.2 Å². The number of carbonyl (C=O) groups is 2. The number of fused-ring (bicyclic) bond motifs is 3. The van der Waals surface area contributed by atoms with Gasteiger partial charge in [-0.1, -0.05) is 18.2 Å². The molecule has 7 nitrogen and oxygen atoms in total. The van der Waals surface area contributed by atoms with Crippen molar-refractivity contribution in [2.24, 2.45) is 0 Å². The largest absolute Gasteiger partial charge is 0.454 e. The van der Waals surface area contributed by atoms with Crippen molar-refractivity contribution >= 4 is 17.5 Å². The summed E-state index contributed by atoms with van der Waals surface area (Å²) in [7, 11) is 0. The van der Waals surface area contributed by atoms with Crippen molar-refractivity contribution in [3.63, 3.8) is 0 Å². The molecule has 0 unspecified atom stereocenters. The lowest BCUT2D eigenvalue weighted by molar-refractivity contribution is 0.0948. The Hall–Kier alpha value is -4.00. The van der Waals surface area contributed by atoms with Crippen molar-refractivity contribution in [1.82, 2.24) is 5.32 Å². The first-order chi connectivity index (χ1) is 15.1. The number of nitrogens with zero attached hydrogens (tertiary/aromatic N) is 1. The highest BCUT2D eigenvalue weighted by molar-refractivity contribution is 6.10. The molecule has 0 radical (unpaired) electrons. The van der Waals surface area contributed by atoms with Crippen LogP contribution >= 0.6 is 0 Å². The van der Waals surface area contributed by atoms with Crippen LogP contribution in [-0.2, 0) is 6.54 Å². The maximum Gasteiger partial charge on any atom is 0.262 e. The van der Waals surface area contributed by atoms with Crippen LogP contribution in [0.3, 0.4) is 0 Å². The summed E-state index contributed by atoms with van der Waals surface area (Å²) in [5.74, 6) is 2.01. The molecule has 1 N–H and O–H groups in total. The predicted molar refractivity (Wildman–Crippen MR) is 114 cm³/mol. The number of hydrogen-bond acceptors (Lipinski definition) is 5. The third-order valence-corrected chi connectivity index (χ3v) is 5.30. The topological polar surface area (TPSA) is 77.1 Å². The summed E-state index contributed by atoms with van der Waals surface area (Å²) in [5, 5.41) is 2.91. The van der Waals surface area contributed by atoms with Gasteiger partial charge in [-0.2, -0.15) is 0 Å². The number of rotatable bonds is 4. The first kappa shape index (κ1) is 19.0. The Balaban J connectivity index is 1.38. The maximum atomic E-state index is 13.0. The van der Waals surface area contributed by atoms with Gasteiger partial charge in [0.15, 0.2) is 17.2 Å². The van der Waals surface area contributed by atoms with Gasteiger partial charge in [-0.25, -0.2) is 0 Å². The highest BCUT2D eigenvalue weighted by Gasteiger charge is 2.27. The summed E-state index contributed by atoms with van der Waals surface area (Å²) < 4.78 is 16.7. The lowest BCUT2D eigenvalue weighted by Gasteiger charge is -2.20. The van der Waals surface area contributed by atoms with Gasteiger partial charge in [-0.3, -0.25) is 9.59 Å². The summed E-state index contributed by atoms with van der Waals surface area (Å²) >= 11 is 0. The van der Waals surface area contributed by atoms with Crippen LogP contribution in [0.25, 0.3) is 0 Å². The van der Waals surface area contributed by atoms with Crippen molar-refractivity contribution < 1.29 is 23.8 Å². The highest BCUT2D eigenvalue weighted by atomic mass is 16.7. The average Bonchev–Trinajstić information content (AvgIpc) is 3.22. The highest BCUT2D eigenvalue weighted by Crippen LogP contribution is 2.39. The van der Waals surface area contributed by atoms with Crippen molar-refractivity contribution in [1.29, 1.82) is 0 Å². The van der Waals surface area contributed by atoms with E-state index in [2.05, 4.69) is 5.32 Å². The fraction of sp³-hybridized carbons (Fsp3) is 0.167. The number of carbonyl (C=O) groups excluding carboxylic acids is 2. The van der Waals surface area contributed by atoms with E-state index in [4.69, 9.17) is 14.2 Å². The van der Waals surface area contributed by atoms with Gasteiger partial charge in [-0.05, 0) is 55.0 Å². The van der Waals surface area contributed by atoms with E-state index in [0.29, 0.717) is 52.9 Å². The van der Waals surface area contributed by atoms with Crippen molar-refractivity contribution in [2.75, 3.05) is 18.2 Å².